The Morgan fingerprint density at radius 1 is 1.25 bits per heavy atom. The topological polar surface area (TPSA) is 40.0 Å². The van der Waals surface area contributed by atoms with E-state index in [9.17, 15) is 13.6 Å². The number of halogens is 4. The second-order valence-electron chi connectivity index (χ2n) is 6.27. The van der Waals surface area contributed by atoms with Crippen LogP contribution in [0.5, 0.6) is 5.75 Å². The summed E-state index contributed by atoms with van der Waals surface area (Å²) in [5, 5.41) is 0.541. The smallest absolute Gasteiger partial charge is 0.387 e. The van der Waals surface area contributed by atoms with Gasteiger partial charge >= 0.3 is 6.61 Å². The predicted octanol–water partition coefficient (Wildman–Crippen LogP) is 0.862. The standard InChI is InChI=1S/C19H19ClF2N3O2.ClH/c1-12-8-16(17(26)9-24-10-18(20)23(3)11-24)13(2)25(12)14-4-6-15(7-5-14)27-19(21)22;/h4-8,10-11,19H,9H2,1-3H3;1H/q+1;/p-1. The van der Waals surface area contributed by atoms with Crippen molar-refractivity contribution >= 4 is 17.4 Å². The third-order valence-electron chi connectivity index (χ3n) is 4.31. The second-order valence-corrected chi connectivity index (χ2v) is 6.65. The van der Waals surface area contributed by atoms with Gasteiger partial charge in [0.2, 0.25) is 17.3 Å². The lowest BCUT2D eigenvalue weighted by atomic mass is 10.1. The molecular formula is C19H19Cl2F2N3O2. The van der Waals surface area contributed by atoms with Crippen LogP contribution in [0.3, 0.4) is 0 Å². The fourth-order valence-electron chi connectivity index (χ4n) is 3.10. The zero-order valence-electron chi connectivity index (χ0n) is 15.5. The molecule has 0 unspecified atom stereocenters. The summed E-state index contributed by atoms with van der Waals surface area (Å²) >= 11 is 6.01. The maximum atomic E-state index is 12.7. The Kier molecular flexibility index (Phi) is 6.85. The lowest BCUT2D eigenvalue weighted by Gasteiger charge is -2.11. The quantitative estimate of drug-likeness (QED) is 0.430. The summed E-state index contributed by atoms with van der Waals surface area (Å²) < 4.78 is 34.3. The van der Waals surface area contributed by atoms with Gasteiger partial charge in [-0.15, -0.1) is 0 Å². The summed E-state index contributed by atoms with van der Waals surface area (Å²) in [5.41, 5.74) is 3.02. The largest absolute Gasteiger partial charge is 1.00 e. The van der Waals surface area contributed by atoms with Gasteiger partial charge in [0.05, 0.1) is 7.05 Å². The molecule has 0 N–H and O–H groups in total. The molecule has 0 saturated carbocycles. The van der Waals surface area contributed by atoms with Crippen LogP contribution >= 0.6 is 11.6 Å². The van der Waals surface area contributed by atoms with E-state index in [0.717, 1.165) is 17.1 Å². The lowest BCUT2D eigenvalue weighted by Crippen LogP contribution is -3.00. The molecular weight excluding hydrogens is 411 g/mol. The van der Waals surface area contributed by atoms with Crippen molar-refractivity contribution in [2.45, 2.75) is 27.0 Å². The molecule has 28 heavy (non-hydrogen) atoms. The Bertz CT molecular complexity index is 962. The molecule has 0 saturated heterocycles. The highest BCUT2D eigenvalue weighted by atomic mass is 35.5. The van der Waals surface area contributed by atoms with Gasteiger partial charge in [0.25, 0.3) is 0 Å². The van der Waals surface area contributed by atoms with Gasteiger partial charge in [0.15, 0.2) is 6.54 Å². The van der Waals surface area contributed by atoms with E-state index < -0.39 is 6.61 Å². The summed E-state index contributed by atoms with van der Waals surface area (Å²) in [5.74, 6) is 0.0455. The van der Waals surface area contributed by atoms with Crippen molar-refractivity contribution in [2.24, 2.45) is 7.05 Å². The minimum atomic E-state index is -2.86. The van der Waals surface area contributed by atoms with E-state index >= 15 is 0 Å². The summed E-state index contributed by atoms with van der Waals surface area (Å²) in [6.45, 7) is 1.05. The normalized spacial score (nSPS) is 10.8. The van der Waals surface area contributed by atoms with E-state index in [0.29, 0.717) is 10.7 Å². The summed E-state index contributed by atoms with van der Waals surface area (Å²) in [6.07, 6.45) is 3.45. The first-order valence-corrected chi connectivity index (χ1v) is 8.62. The minimum absolute atomic E-state index is 0. The van der Waals surface area contributed by atoms with Crippen LogP contribution in [0.4, 0.5) is 8.78 Å². The molecule has 2 heterocycles. The van der Waals surface area contributed by atoms with E-state index in [4.69, 9.17) is 11.6 Å². The van der Waals surface area contributed by atoms with Crippen molar-refractivity contribution < 1.29 is 35.3 Å². The highest BCUT2D eigenvalue weighted by Crippen LogP contribution is 2.24. The van der Waals surface area contributed by atoms with E-state index in [1.54, 1.807) is 40.8 Å². The average molecular weight is 430 g/mol. The van der Waals surface area contributed by atoms with Gasteiger partial charge in [0.1, 0.15) is 11.9 Å². The zero-order chi connectivity index (χ0) is 19.7. The van der Waals surface area contributed by atoms with Gasteiger partial charge in [0, 0.05) is 22.6 Å². The number of imidazole rings is 1. The molecule has 0 radical (unpaired) electrons. The number of ketones is 1. The van der Waals surface area contributed by atoms with Crippen molar-refractivity contribution in [3.05, 3.63) is 65.0 Å². The highest BCUT2D eigenvalue weighted by Gasteiger charge is 2.20. The fraction of sp³-hybridized carbons (Fsp3) is 0.263. The molecule has 5 nitrogen and oxygen atoms in total. The first-order chi connectivity index (χ1) is 12.8. The molecule has 9 heteroatoms. The molecule has 0 aliphatic heterocycles. The SMILES string of the molecule is Cc1cc(C(=O)C[n+]2cc(Cl)n(C)c2)c(C)n1-c1ccc(OC(F)F)cc1.[Cl-]. The Morgan fingerprint density at radius 2 is 1.89 bits per heavy atom. The van der Waals surface area contributed by atoms with Crippen molar-refractivity contribution in [1.82, 2.24) is 9.13 Å². The number of alkyl halides is 2. The number of carbonyl (C=O) groups is 1. The van der Waals surface area contributed by atoms with Crippen LogP contribution in [0.1, 0.15) is 21.7 Å². The van der Waals surface area contributed by atoms with Crippen LogP contribution in [0.2, 0.25) is 5.15 Å². The maximum absolute atomic E-state index is 12.7. The maximum Gasteiger partial charge on any atom is 0.387 e. The molecule has 3 aromatic rings. The minimum Gasteiger partial charge on any atom is -1.00 e. The number of aryl methyl sites for hydroxylation is 2. The molecule has 1 aromatic carbocycles. The number of hydrogen-bond acceptors (Lipinski definition) is 2. The molecule has 0 spiro atoms. The van der Waals surface area contributed by atoms with Gasteiger partial charge in [-0.2, -0.15) is 8.78 Å². The van der Waals surface area contributed by atoms with Gasteiger partial charge < -0.3 is 21.7 Å². The van der Waals surface area contributed by atoms with E-state index in [-0.39, 0.29) is 30.5 Å². The molecule has 0 aliphatic carbocycles. The van der Waals surface area contributed by atoms with E-state index in [1.165, 1.54) is 12.1 Å². The van der Waals surface area contributed by atoms with Crippen LogP contribution in [-0.4, -0.2) is 21.5 Å². The first-order valence-electron chi connectivity index (χ1n) is 8.24. The Labute approximate surface area is 172 Å². The van der Waals surface area contributed by atoms with Crippen molar-refractivity contribution in [3.63, 3.8) is 0 Å². The van der Waals surface area contributed by atoms with E-state index in [1.807, 2.05) is 24.5 Å². The van der Waals surface area contributed by atoms with E-state index in [2.05, 4.69) is 4.74 Å². The molecule has 2 aromatic heterocycles. The zero-order valence-corrected chi connectivity index (χ0v) is 17.0. The molecule has 0 atom stereocenters. The van der Waals surface area contributed by atoms with Gasteiger partial charge in [-0.05, 0) is 55.8 Å². The molecule has 0 bridgehead atoms. The average Bonchev–Trinajstić information content (AvgIpc) is 3.06. The summed E-state index contributed by atoms with van der Waals surface area (Å²) in [6, 6.07) is 8.13. The number of hydrogen-bond donors (Lipinski definition) is 0. The first kappa shape index (κ1) is 21.9. The number of benzene rings is 1. The number of carbonyl (C=O) groups excluding carboxylic acids is 1. The van der Waals surface area contributed by atoms with Crippen LogP contribution in [0.15, 0.2) is 42.9 Å². The lowest BCUT2D eigenvalue weighted by molar-refractivity contribution is -0.682. The number of ether oxygens (including phenoxy) is 1. The number of nitrogens with zero attached hydrogens (tertiary/aromatic N) is 3. The number of aromatic nitrogens is 3. The van der Waals surface area contributed by atoms with Crippen LogP contribution in [0.25, 0.3) is 5.69 Å². The van der Waals surface area contributed by atoms with Gasteiger partial charge in [-0.3, -0.25) is 4.79 Å². The number of rotatable bonds is 6. The van der Waals surface area contributed by atoms with Crippen molar-refractivity contribution in [3.8, 4) is 11.4 Å². The molecule has 150 valence electrons. The second kappa shape index (κ2) is 8.75. The fourth-order valence-corrected chi connectivity index (χ4v) is 3.26. The van der Waals surface area contributed by atoms with Gasteiger partial charge in [-0.25, -0.2) is 9.13 Å². The Hall–Kier alpha value is -2.38. The number of Topliss-reactive ketones (excluding diaryl/α,β-unsaturated/α-hetero) is 1. The highest BCUT2D eigenvalue weighted by molar-refractivity contribution is 6.29. The molecule has 3 rings (SSSR count). The van der Waals surface area contributed by atoms with Crippen molar-refractivity contribution in [1.29, 1.82) is 0 Å². The van der Waals surface area contributed by atoms with Gasteiger partial charge in [-0.1, -0.05) is 0 Å². The third kappa shape index (κ3) is 4.54. The predicted molar refractivity (Wildman–Crippen MR) is 96.8 cm³/mol. The molecule has 0 aliphatic rings. The Balaban J connectivity index is 0.00000280. The van der Waals surface area contributed by atoms with Crippen molar-refractivity contribution in [2.75, 3.05) is 0 Å². The summed E-state index contributed by atoms with van der Waals surface area (Å²) in [4.78, 5) is 12.7. The monoisotopic (exact) mass is 429 g/mol. The Morgan fingerprint density at radius 3 is 2.43 bits per heavy atom. The van der Waals surface area contributed by atoms with Crippen LogP contribution < -0.4 is 21.7 Å². The van der Waals surface area contributed by atoms with Crippen LogP contribution in [-0.2, 0) is 13.6 Å². The van der Waals surface area contributed by atoms with Crippen LogP contribution in [0, 0.1) is 13.8 Å². The molecule has 0 amide bonds. The third-order valence-corrected chi connectivity index (χ3v) is 4.67. The summed E-state index contributed by atoms with van der Waals surface area (Å²) in [7, 11) is 1.80. The molecule has 0 fully saturated rings.